The molecular formula is C17H15Cl2NO3. The summed E-state index contributed by atoms with van der Waals surface area (Å²) in [7, 11) is 0. The van der Waals surface area contributed by atoms with Gasteiger partial charge >= 0.3 is 0 Å². The quantitative estimate of drug-likeness (QED) is 0.705. The molecule has 6 heteroatoms. The topological polar surface area (TPSA) is 66.4 Å². The number of hydrogen-bond acceptors (Lipinski definition) is 3. The van der Waals surface area contributed by atoms with Crippen molar-refractivity contribution in [1.82, 2.24) is 0 Å². The number of aliphatic hydroxyl groups excluding tert-OH is 1. The summed E-state index contributed by atoms with van der Waals surface area (Å²) in [6.45, 7) is 2.98. The summed E-state index contributed by atoms with van der Waals surface area (Å²) >= 11 is 11.4. The molecule has 0 spiro atoms. The number of carbonyl (C=O) groups excluding carboxylic acids is 2. The molecule has 2 aliphatic rings. The Morgan fingerprint density at radius 2 is 1.78 bits per heavy atom. The molecule has 4 nitrogen and oxygen atoms in total. The fourth-order valence-corrected chi connectivity index (χ4v) is 2.20. The number of Topliss-reactive ketones (excluding diaryl/α,β-unsaturated/α-hetero) is 1. The van der Waals surface area contributed by atoms with Crippen molar-refractivity contribution in [3.05, 3.63) is 62.4 Å². The monoisotopic (exact) mass is 351 g/mol. The lowest BCUT2D eigenvalue weighted by atomic mass is 9.97. The second-order valence-electron chi connectivity index (χ2n) is 5.11. The maximum Gasteiger partial charge on any atom is 0.252 e. The number of rotatable bonds is 3. The molecule has 0 aliphatic heterocycles. The van der Waals surface area contributed by atoms with Gasteiger partial charge in [-0.1, -0.05) is 35.3 Å². The van der Waals surface area contributed by atoms with Crippen LogP contribution in [0, 0.1) is 10.4 Å². The number of benzene rings is 2. The molecule has 3 rings (SSSR count). The van der Waals surface area contributed by atoms with Crippen molar-refractivity contribution >= 4 is 40.6 Å². The average molecular weight is 352 g/mol. The van der Waals surface area contributed by atoms with E-state index in [4.69, 9.17) is 28.3 Å². The lowest BCUT2D eigenvalue weighted by Gasteiger charge is -2.07. The molecule has 0 fully saturated rings. The van der Waals surface area contributed by atoms with Crippen LogP contribution in [0.5, 0.6) is 0 Å². The van der Waals surface area contributed by atoms with Crippen molar-refractivity contribution in [1.29, 1.82) is 0 Å². The van der Waals surface area contributed by atoms with Gasteiger partial charge in [0.15, 0.2) is 5.78 Å². The van der Waals surface area contributed by atoms with Gasteiger partial charge in [0.25, 0.3) is 5.91 Å². The Labute approximate surface area is 143 Å². The molecule has 0 bridgehead atoms. The maximum absolute atomic E-state index is 11.1. The maximum atomic E-state index is 11.1. The molecular weight excluding hydrogens is 337 g/mol. The second kappa shape index (κ2) is 7.13. The standard InChI is InChI=1S/C9H9Cl2NO2.C8H6O/c1-5(13)9(14)12-6-2-3-7(10)8(11)4-6;1-5(9)8-4-6-2-3-7(6)8/h2-5,13H,1H3,(H,12,14);2-4H,1H3. The first-order chi connectivity index (χ1) is 10.8. The van der Waals surface area contributed by atoms with Crippen LogP contribution in [0.1, 0.15) is 24.2 Å². The number of nitrogens with one attached hydrogen (secondary N) is 1. The Hall–Kier alpha value is -1.88. The predicted molar refractivity (Wildman–Crippen MR) is 90.9 cm³/mol. The van der Waals surface area contributed by atoms with E-state index < -0.39 is 12.0 Å². The Kier molecular flexibility index (Phi) is 5.42. The van der Waals surface area contributed by atoms with Crippen molar-refractivity contribution in [2.24, 2.45) is 0 Å². The average Bonchev–Trinajstić information content (AvgIpc) is 2.46. The highest BCUT2D eigenvalue weighted by Gasteiger charge is 2.09. The van der Waals surface area contributed by atoms with E-state index in [-0.39, 0.29) is 5.78 Å². The van der Waals surface area contributed by atoms with Crippen LogP contribution in [0.2, 0.25) is 10.0 Å². The van der Waals surface area contributed by atoms with Crippen LogP contribution in [0.4, 0.5) is 5.69 Å². The number of ketones is 1. The Balaban J connectivity index is 0.000000182. The Morgan fingerprint density at radius 3 is 2.13 bits per heavy atom. The van der Waals surface area contributed by atoms with Gasteiger partial charge in [0, 0.05) is 11.3 Å². The third-order valence-electron chi connectivity index (χ3n) is 3.28. The lowest BCUT2D eigenvalue weighted by molar-refractivity contribution is -0.123. The minimum atomic E-state index is -1.05. The van der Waals surface area contributed by atoms with E-state index in [0.29, 0.717) is 15.7 Å². The van der Waals surface area contributed by atoms with E-state index in [1.807, 2.05) is 18.2 Å². The van der Waals surface area contributed by atoms with E-state index in [1.165, 1.54) is 18.2 Å². The summed E-state index contributed by atoms with van der Waals surface area (Å²) in [6, 6.07) is 10.6. The van der Waals surface area contributed by atoms with E-state index in [1.54, 1.807) is 19.1 Å². The molecule has 120 valence electrons. The number of amides is 1. The molecule has 1 aromatic carbocycles. The first-order valence-electron chi connectivity index (χ1n) is 6.89. The van der Waals surface area contributed by atoms with Crippen molar-refractivity contribution < 1.29 is 14.7 Å². The van der Waals surface area contributed by atoms with Gasteiger partial charge in [-0.3, -0.25) is 9.59 Å². The smallest absolute Gasteiger partial charge is 0.252 e. The van der Waals surface area contributed by atoms with Gasteiger partial charge in [0.05, 0.1) is 10.0 Å². The van der Waals surface area contributed by atoms with Crippen LogP contribution in [-0.4, -0.2) is 22.9 Å². The minimum Gasteiger partial charge on any atom is -0.384 e. The molecule has 0 aromatic heterocycles. The number of anilines is 1. The fourth-order valence-electron chi connectivity index (χ4n) is 1.90. The lowest BCUT2D eigenvalue weighted by Crippen LogP contribution is -2.24. The van der Waals surface area contributed by atoms with Crippen LogP contribution < -0.4 is 5.32 Å². The number of carbonyl (C=O) groups is 2. The van der Waals surface area contributed by atoms with Crippen molar-refractivity contribution in [3.63, 3.8) is 0 Å². The summed E-state index contributed by atoms with van der Waals surface area (Å²) in [5.74, 6) is -0.304. The summed E-state index contributed by atoms with van der Waals surface area (Å²) in [4.78, 5) is 21.8. The van der Waals surface area contributed by atoms with Crippen LogP contribution >= 0.6 is 23.2 Å². The van der Waals surface area contributed by atoms with E-state index in [9.17, 15) is 9.59 Å². The molecule has 1 amide bonds. The normalized spacial score (nSPS) is 11.9. The summed E-state index contributed by atoms with van der Waals surface area (Å²) in [6.07, 6.45) is -1.05. The van der Waals surface area contributed by atoms with E-state index in [0.717, 1.165) is 10.8 Å². The molecule has 1 atom stereocenters. The van der Waals surface area contributed by atoms with Gasteiger partial charge in [-0.15, -0.1) is 0 Å². The highest BCUT2D eigenvalue weighted by molar-refractivity contribution is 6.42. The number of halogens is 2. The highest BCUT2D eigenvalue weighted by Crippen LogP contribution is 2.25. The zero-order chi connectivity index (χ0) is 17.1. The van der Waals surface area contributed by atoms with Gasteiger partial charge in [-0.2, -0.15) is 0 Å². The van der Waals surface area contributed by atoms with Gasteiger partial charge < -0.3 is 10.4 Å². The SMILES string of the molecule is CC(=O)c1cc2ccc1=2.CC(O)C(=O)Nc1ccc(Cl)c(Cl)c1. The van der Waals surface area contributed by atoms with E-state index >= 15 is 0 Å². The van der Waals surface area contributed by atoms with Crippen molar-refractivity contribution in [2.45, 2.75) is 20.0 Å². The Morgan fingerprint density at radius 1 is 1.09 bits per heavy atom. The first-order valence-corrected chi connectivity index (χ1v) is 7.64. The molecule has 0 saturated carbocycles. The molecule has 2 aliphatic carbocycles. The summed E-state index contributed by atoms with van der Waals surface area (Å²) in [5, 5.41) is 14.6. The Bertz CT molecular complexity index is 863. The van der Waals surface area contributed by atoms with Gasteiger partial charge in [-0.05, 0) is 48.6 Å². The van der Waals surface area contributed by atoms with Crippen molar-refractivity contribution in [3.8, 4) is 0 Å². The van der Waals surface area contributed by atoms with Gasteiger partial charge in [-0.25, -0.2) is 0 Å². The fraction of sp³-hybridized carbons (Fsp3) is 0.176. The largest absolute Gasteiger partial charge is 0.384 e. The van der Waals surface area contributed by atoms with Crippen LogP contribution in [0.3, 0.4) is 0 Å². The summed E-state index contributed by atoms with van der Waals surface area (Å²) in [5.41, 5.74) is 1.40. The molecule has 1 unspecified atom stereocenters. The third-order valence-corrected chi connectivity index (χ3v) is 4.02. The van der Waals surface area contributed by atoms with Crippen LogP contribution in [0.15, 0.2) is 36.4 Å². The molecule has 2 N–H and O–H groups in total. The van der Waals surface area contributed by atoms with Crippen molar-refractivity contribution in [2.75, 3.05) is 5.32 Å². The van der Waals surface area contributed by atoms with Crippen LogP contribution in [-0.2, 0) is 4.79 Å². The highest BCUT2D eigenvalue weighted by atomic mass is 35.5. The zero-order valence-electron chi connectivity index (χ0n) is 12.6. The van der Waals surface area contributed by atoms with Gasteiger partial charge in [0.2, 0.25) is 0 Å². The molecule has 1 aromatic rings. The number of aliphatic hydroxyl groups is 1. The first kappa shape index (κ1) is 17.5. The molecule has 23 heavy (non-hydrogen) atoms. The van der Waals surface area contributed by atoms with Crippen LogP contribution in [0.25, 0.3) is 0 Å². The van der Waals surface area contributed by atoms with Gasteiger partial charge in [0.1, 0.15) is 6.10 Å². The van der Waals surface area contributed by atoms with E-state index in [2.05, 4.69) is 5.32 Å². The summed E-state index contributed by atoms with van der Waals surface area (Å²) < 4.78 is 0. The zero-order valence-corrected chi connectivity index (χ0v) is 14.1. The molecule has 0 heterocycles. The third kappa shape index (κ3) is 4.10. The number of hydrogen-bond donors (Lipinski definition) is 2. The minimum absolute atomic E-state index is 0.179. The molecule has 0 saturated heterocycles. The molecule has 0 radical (unpaired) electrons. The second-order valence-corrected chi connectivity index (χ2v) is 5.93. The predicted octanol–water partition coefficient (Wildman–Crippen LogP) is 3.80.